The second-order valence-corrected chi connectivity index (χ2v) is 5.19. The highest BCUT2D eigenvalue weighted by Crippen LogP contribution is 2.23. The lowest BCUT2D eigenvalue weighted by molar-refractivity contribution is 0.415. The molecule has 4 nitrogen and oxygen atoms in total. The van der Waals surface area contributed by atoms with Crippen molar-refractivity contribution in [1.29, 1.82) is 0 Å². The van der Waals surface area contributed by atoms with Gasteiger partial charge < -0.3 is 14.6 Å². The Morgan fingerprint density at radius 2 is 2.26 bits per heavy atom. The van der Waals surface area contributed by atoms with Crippen LogP contribution in [0.5, 0.6) is 5.75 Å². The van der Waals surface area contributed by atoms with Gasteiger partial charge in [0.25, 0.3) is 0 Å². The van der Waals surface area contributed by atoms with Crippen molar-refractivity contribution in [3.63, 3.8) is 0 Å². The fraction of sp³-hybridized carbons (Fsp3) is 0.533. The number of hydrogen-bond donors (Lipinski definition) is 1. The number of benzene rings is 1. The summed E-state index contributed by atoms with van der Waals surface area (Å²) >= 11 is 0. The van der Waals surface area contributed by atoms with Crippen LogP contribution in [0.15, 0.2) is 18.2 Å². The van der Waals surface area contributed by atoms with E-state index in [2.05, 4.69) is 22.9 Å². The van der Waals surface area contributed by atoms with Gasteiger partial charge in [0.05, 0.1) is 24.7 Å². The summed E-state index contributed by atoms with van der Waals surface area (Å²) in [5.41, 5.74) is 2.23. The highest BCUT2D eigenvalue weighted by Gasteiger charge is 2.21. The maximum Gasteiger partial charge on any atom is 0.123 e. The third-order valence-corrected chi connectivity index (χ3v) is 3.61. The first-order valence-electron chi connectivity index (χ1n) is 7.08. The lowest BCUT2D eigenvalue weighted by Gasteiger charge is -2.08. The molecule has 1 aliphatic rings. The molecular weight excluding hydrogens is 238 g/mol. The Labute approximate surface area is 113 Å². The Kier molecular flexibility index (Phi) is 3.42. The SMILES string of the molecule is CCCn1c(CNC2CC2)nc2cc(OC)ccc21. The van der Waals surface area contributed by atoms with E-state index in [1.807, 2.05) is 12.1 Å². The maximum absolute atomic E-state index is 5.27. The molecule has 4 heteroatoms. The summed E-state index contributed by atoms with van der Waals surface area (Å²) < 4.78 is 7.60. The Hall–Kier alpha value is -1.55. The summed E-state index contributed by atoms with van der Waals surface area (Å²) in [7, 11) is 1.69. The number of aromatic nitrogens is 2. The molecular formula is C15H21N3O. The Morgan fingerprint density at radius 3 is 2.95 bits per heavy atom. The molecule has 0 atom stereocenters. The first-order valence-corrected chi connectivity index (χ1v) is 7.08. The van der Waals surface area contributed by atoms with Crippen molar-refractivity contribution in [3.05, 3.63) is 24.0 Å². The van der Waals surface area contributed by atoms with Crippen molar-refractivity contribution in [2.75, 3.05) is 7.11 Å². The first kappa shape index (κ1) is 12.5. The van der Waals surface area contributed by atoms with Gasteiger partial charge in [0.15, 0.2) is 0 Å². The Balaban J connectivity index is 1.94. The molecule has 3 rings (SSSR count). The maximum atomic E-state index is 5.27. The van der Waals surface area contributed by atoms with Gasteiger partial charge in [-0.3, -0.25) is 0 Å². The minimum absolute atomic E-state index is 0.712. The molecule has 1 aromatic heterocycles. The van der Waals surface area contributed by atoms with Crippen molar-refractivity contribution in [2.24, 2.45) is 0 Å². The highest BCUT2D eigenvalue weighted by atomic mass is 16.5. The van der Waals surface area contributed by atoms with E-state index < -0.39 is 0 Å². The zero-order valence-corrected chi connectivity index (χ0v) is 11.6. The zero-order valence-electron chi connectivity index (χ0n) is 11.6. The van der Waals surface area contributed by atoms with Crippen molar-refractivity contribution in [1.82, 2.24) is 14.9 Å². The van der Waals surface area contributed by atoms with Crippen LogP contribution in [0.4, 0.5) is 0 Å². The van der Waals surface area contributed by atoms with E-state index >= 15 is 0 Å². The minimum Gasteiger partial charge on any atom is -0.497 e. The lowest BCUT2D eigenvalue weighted by atomic mass is 10.3. The summed E-state index contributed by atoms with van der Waals surface area (Å²) in [6.07, 6.45) is 3.73. The van der Waals surface area contributed by atoms with Crippen LogP contribution in [-0.2, 0) is 13.1 Å². The second-order valence-electron chi connectivity index (χ2n) is 5.19. The molecule has 1 saturated carbocycles. The van der Waals surface area contributed by atoms with Crippen LogP contribution < -0.4 is 10.1 Å². The number of aryl methyl sites for hydroxylation is 1. The lowest BCUT2D eigenvalue weighted by Crippen LogP contribution is -2.19. The van der Waals surface area contributed by atoms with Crippen LogP contribution in [0.3, 0.4) is 0 Å². The molecule has 0 unspecified atom stereocenters. The fourth-order valence-corrected chi connectivity index (χ4v) is 2.42. The summed E-state index contributed by atoms with van der Waals surface area (Å²) in [5.74, 6) is 2.01. The summed E-state index contributed by atoms with van der Waals surface area (Å²) in [4.78, 5) is 4.76. The number of imidazole rings is 1. The largest absolute Gasteiger partial charge is 0.497 e. The van der Waals surface area contributed by atoms with Gasteiger partial charge in [0.2, 0.25) is 0 Å². The van der Waals surface area contributed by atoms with E-state index in [4.69, 9.17) is 9.72 Å². The van der Waals surface area contributed by atoms with Crippen LogP contribution in [0.2, 0.25) is 0 Å². The van der Waals surface area contributed by atoms with Gasteiger partial charge >= 0.3 is 0 Å². The van der Waals surface area contributed by atoms with Crippen LogP contribution in [-0.4, -0.2) is 22.7 Å². The molecule has 2 aromatic rings. The van der Waals surface area contributed by atoms with E-state index in [-0.39, 0.29) is 0 Å². The highest BCUT2D eigenvalue weighted by molar-refractivity contribution is 5.77. The summed E-state index contributed by atoms with van der Waals surface area (Å²) in [6.45, 7) is 4.08. The average molecular weight is 259 g/mol. The van der Waals surface area contributed by atoms with Crippen LogP contribution in [0, 0.1) is 0 Å². The summed E-state index contributed by atoms with van der Waals surface area (Å²) in [5, 5.41) is 3.55. The standard InChI is InChI=1S/C15H21N3O/c1-3-8-18-14-7-6-12(19-2)9-13(14)17-15(18)10-16-11-4-5-11/h6-7,9,11,16H,3-5,8,10H2,1-2H3. The van der Waals surface area contributed by atoms with Gasteiger partial charge in [0, 0.05) is 18.7 Å². The zero-order chi connectivity index (χ0) is 13.2. The molecule has 1 aliphatic carbocycles. The van der Waals surface area contributed by atoms with Gasteiger partial charge in [-0.05, 0) is 31.4 Å². The normalized spacial score (nSPS) is 15.1. The number of rotatable bonds is 6. The predicted octanol–water partition coefficient (Wildman–Crippen LogP) is 2.71. The van der Waals surface area contributed by atoms with E-state index in [9.17, 15) is 0 Å². The molecule has 102 valence electrons. The van der Waals surface area contributed by atoms with Crippen molar-refractivity contribution in [3.8, 4) is 5.75 Å². The third-order valence-electron chi connectivity index (χ3n) is 3.61. The van der Waals surface area contributed by atoms with E-state index in [0.29, 0.717) is 6.04 Å². The van der Waals surface area contributed by atoms with E-state index in [0.717, 1.165) is 36.6 Å². The van der Waals surface area contributed by atoms with Gasteiger partial charge in [0.1, 0.15) is 11.6 Å². The second kappa shape index (κ2) is 5.21. The molecule has 0 aliphatic heterocycles. The van der Waals surface area contributed by atoms with Crippen LogP contribution in [0.25, 0.3) is 11.0 Å². The topological polar surface area (TPSA) is 39.1 Å². The molecule has 1 heterocycles. The number of fused-ring (bicyclic) bond motifs is 1. The number of hydrogen-bond acceptors (Lipinski definition) is 3. The quantitative estimate of drug-likeness (QED) is 0.867. The van der Waals surface area contributed by atoms with Crippen LogP contribution in [0.1, 0.15) is 32.0 Å². The predicted molar refractivity (Wildman–Crippen MR) is 76.4 cm³/mol. The molecule has 1 fully saturated rings. The van der Waals surface area contributed by atoms with Crippen molar-refractivity contribution < 1.29 is 4.74 Å². The van der Waals surface area contributed by atoms with Crippen molar-refractivity contribution in [2.45, 2.75) is 45.3 Å². The first-order chi connectivity index (χ1) is 9.31. The van der Waals surface area contributed by atoms with Gasteiger partial charge in [-0.1, -0.05) is 6.92 Å². The molecule has 0 bridgehead atoms. The van der Waals surface area contributed by atoms with Gasteiger partial charge in [-0.15, -0.1) is 0 Å². The van der Waals surface area contributed by atoms with Crippen LogP contribution >= 0.6 is 0 Å². The summed E-state index contributed by atoms with van der Waals surface area (Å²) in [6, 6.07) is 6.85. The van der Waals surface area contributed by atoms with Gasteiger partial charge in [-0.2, -0.15) is 0 Å². The molecule has 0 saturated heterocycles. The van der Waals surface area contributed by atoms with Gasteiger partial charge in [-0.25, -0.2) is 4.98 Å². The average Bonchev–Trinajstić information content (AvgIpc) is 3.20. The monoisotopic (exact) mass is 259 g/mol. The molecule has 0 spiro atoms. The fourth-order valence-electron chi connectivity index (χ4n) is 2.42. The number of methoxy groups -OCH3 is 1. The van der Waals surface area contributed by atoms with E-state index in [1.54, 1.807) is 7.11 Å². The molecule has 1 aromatic carbocycles. The molecule has 0 amide bonds. The third kappa shape index (κ3) is 2.59. The Bertz CT molecular complexity index is 572. The Morgan fingerprint density at radius 1 is 1.42 bits per heavy atom. The number of nitrogens with zero attached hydrogens (tertiary/aromatic N) is 2. The molecule has 19 heavy (non-hydrogen) atoms. The van der Waals surface area contributed by atoms with E-state index in [1.165, 1.54) is 18.4 Å². The molecule has 1 N–H and O–H groups in total. The van der Waals surface area contributed by atoms with Crippen molar-refractivity contribution >= 4 is 11.0 Å². The number of nitrogens with one attached hydrogen (secondary N) is 1. The number of ether oxygens (including phenoxy) is 1. The molecule has 0 radical (unpaired) electrons. The smallest absolute Gasteiger partial charge is 0.123 e. The minimum atomic E-state index is 0.712.